The van der Waals surface area contributed by atoms with Crippen LogP contribution in [0.1, 0.15) is 33.1 Å². The molecule has 2 N–H and O–H groups in total. The molecule has 1 saturated carbocycles. The highest BCUT2D eigenvalue weighted by atomic mass is 35.5. The van der Waals surface area contributed by atoms with Crippen LogP contribution in [-0.2, 0) is 14.6 Å². The summed E-state index contributed by atoms with van der Waals surface area (Å²) in [4.78, 5) is 12.4. The summed E-state index contributed by atoms with van der Waals surface area (Å²) in [6.45, 7) is 6.09. The van der Waals surface area contributed by atoms with E-state index in [2.05, 4.69) is 24.5 Å². The number of nitrogens with one attached hydrogen (secondary N) is 2. The average molecular weight is 325 g/mol. The van der Waals surface area contributed by atoms with Gasteiger partial charge in [-0.1, -0.05) is 13.8 Å². The topological polar surface area (TPSA) is 75.3 Å². The summed E-state index contributed by atoms with van der Waals surface area (Å²) >= 11 is 0. The molecular weight excluding hydrogens is 300 g/mol. The predicted octanol–water partition coefficient (Wildman–Crippen LogP) is 0.737. The molecule has 2 aliphatic rings. The first kappa shape index (κ1) is 17.7. The SMILES string of the molecule is CC1(C)CC1CNC(=O)C1(S(C)(=O)=O)CCNCC1.Cl. The zero-order valence-electron chi connectivity index (χ0n) is 12.4. The van der Waals surface area contributed by atoms with Crippen molar-refractivity contribution in [3.05, 3.63) is 0 Å². The van der Waals surface area contributed by atoms with Crippen LogP contribution in [-0.4, -0.2) is 45.0 Å². The molecule has 5 nitrogen and oxygen atoms in total. The van der Waals surface area contributed by atoms with Crippen LogP contribution in [0.15, 0.2) is 0 Å². The maximum Gasteiger partial charge on any atom is 0.241 e. The molecule has 1 unspecified atom stereocenters. The lowest BCUT2D eigenvalue weighted by Crippen LogP contribution is -2.57. The molecule has 1 aliphatic heterocycles. The van der Waals surface area contributed by atoms with Gasteiger partial charge in [-0.2, -0.15) is 0 Å². The van der Waals surface area contributed by atoms with Crippen LogP contribution >= 0.6 is 12.4 Å². The Morgan fingerprint density at radius 3 is 2.20 bits per heavy atom. The molecule has 0 aromatic carbocycles. The molecule has 0 aromatic rings. The summed E-state index contributed by atoms with van der Waals surface area (Å²) in [5, 5.41) is 5.98. The highest BCUT2D eigenvalue weighted by Gasteiger charge is 2.50. The quantitative estimate of drug-likeness (QED) is 0.799. The second kappa shape index (κ2) is 5.81. The van der Waals surface area contributed by atoms with Crippen molar-refractivity contribution in [2.75, 3.05) is 25.9 Å². The molecule has 1 heterocycles. The molecule has 7 heteroatoms. The molecule has 1 aliphatic carbocycles. The monoisotopic (exact) mass is 324 g/mol. The molecule has 20 heavy (non-hydrogen) atoms. The number of halogens is 1. The highest BCUT2D eigenvalue weighted by molar-refractivity contribution is 7.92. The number of piperidine rings is 1. The van der Waals surface area contributed by atoms with Gasteiger partial charge in [-0.15, -0.1) is 12.4 Å². The van der Waals surface area contributed by atoms with Crippen LogP contribution in [0.4, 0.5) is 0 Å². The smallest absolute Gasteiger partial charge is 0.241 e. The third-order valence-electron chi connectivity index (χ3n) is 4.76. The van der Waals surface area contributed by atoms with E-state index in [1.54, 1.807) is 0 Å². The van der Waals surface area contributed by atoms with Gasteiger partial charge in [0.05, 0.1) is 0 Å². The van der Waals surface area contributed by atoms with Gasteiger partial charge in [0.25, 0.3) is 0 Å². The normalized spacial score (nSPS) is 27.2. The fourth-order valence-corrected chi connectivity index (χ4v) is 4.25. The zero-order valence-corrected chi connectivity index (χ0v) is 14.0. The van der Waals surface area contributed by atoms with Crippen LogP contribution in [0.3, 0.4) is 0 Å². The van der Waals surface area contributed by atoms with Crippen LogP contribution < -0.4 is 10.6 Å². The molecule has 1 saturated heterocycles. The minimum absolute atomic E-state index is 0. The minimum Gasteiger partial charge on any atom is -0.354 e. The number of carbonyl (C=O) groups excluding carboxylic acids is 1. The summed E-state index contributed by atoms with van der Waals surface area (Å²) in [7, 11) is -3.40. The van der Waals surface area contributed by atoms with Crippen LogP contribution in [0, 0.1) is 11.3 Å². The van der Waals surface area contributed by atoms with Crippen molar-refractivity contribution in [2.45, 2.75) is 37.9 Å². The van der Waals surface area contributed by atoms with E-state index in [9.17, 15) is 13.2 Å². The molecule has 2 rings (SSSR count). The maximum absolute atomic E-state index is 12.4. The van der Waals surface area contributed by atoms with E-state index in [-0.39, 0.29) is 18.3 Å². The van der Waals surface area contributed by atoms with E-state index in [4.69, 9.17) is 0 Å². The van der Waals surface area contributed by atoms with Gasteiger partial charge in [-0.25, -0.2) is 8.42 Å². The molecular formula is C13H25ClN2O3S. The van der Waals surface area contributed by atoms with Crippen LogP contribution in [0.2, 0.25) is 0 Å². The van der Waals surface area contributed by atoms with Crippen LogP contribution in [0.25, 0.3) is 0 Å². The van der Waals surface area contributed by atoms with Gasteiger partial charge >= 0.3 is 0 Å². The summed E-state index contributed by atoms with van der Waals surface area (Å²) in [5.41, 5.74) is 0.291. The van der Waals surface area contributed by atoms with Gasteiger partial charge in [0.2, 0.25) is 5.91 Å². The lowest BCUT2D eigenvalue weighted by molar-refractivity contribution is -0.124. The Balaban J connectivity index is 0.00000200. The summed E-state index contributed by atoms with van der Waals surface area (Å²) in [5.74, 6) is 0.175. The number of hydrogen-bond acceptors (Lipinski definition) is 4. The van der Waals surface area contributed by atoms with E-state index < -0.39 is 14.6 Å². The minimum atomic E-state index is -3.40. The third-order valence-corrected chi connectivity index (χ3v) is 6.77. The maximum atomic E-state index is 12.4. The van der Waals surface area contributed by atoms with Crippen LogP contribution in [0.5, 0.6) is 0 Å². The Bertz CT molecular complexity index is 470. The molecule has 118 valence electrons. The predicted molar refractivity (Wildman–Crippen MR) is 81.8 cm³/mol. The first-order valence-corrected chi connectivity index (χ1v) is 8.77. The number of sulfone groups is 1. The van der Waals surface area contributed by atoms with Gasteiger partial charge in [-0.05, 0) is 43.7 Å². The number of carbonyl (C=O) groups is 1. The number of rotatable bonds is 4. The third kappa shape index (κ3) is 3.28. The van der Waals surface area contributed by atoms with Crippen molar-refractivity contribution in [1.82, 2.24) is 10.6 Å². The molecule has 1 atom stereocenters. The summed E-state index contributed by atoms with van der Waals surface area (Å²) < 4.78 is 22.9. The lowest BCUT2D eigenvalue weighted by atomic mass is 9.95. The van der Waals surface area contributed by atoms with E-state index in [1.165, 1.54) is 6.26 Å². The average Bonchev–Trinajstić information content (AvgIpc) is 2.93. The largest absolute Gasteiger partial charge is 0.354 e. The van der Waals surface area contributed by atoms with Crippen molar-refractivity contribution in [3.63, 3.8) is 0 Å². The van der Waals surface area contributed by atoms with Gasteiger partial charge in [0, 0.05) is 12.8 Å². The Kier molecular flexibility index (Phi) is 5.15. The zero-order chi connectivity index (χ0) is 14.3. The van der Waals surface area contributed by atoms with Crippen molar-refractivity contribution in [1.29, 1.82) is 0 Å². The lowest BCUT2D eigenvalue weighted by Gasteiger charge is -2.34. The Hall–Kier alpha value is -0.330. The Morgan fingerprint density at radius 1 is 1.30 bits per heavy atom. The van der Waals surface area contributed by atoms with Gasteiger partial charge in [0.1, 0.15) is 0 Å². The van der Waals surface area contributed by atoms with E-state index >= 15 is 0 Å². The molecule has 0 aromatic heterocycles. The van der Waals surface area contributed by atoms with E-state index in [1.807, 2.05) is 0 Å². The summed E-state index contributed by atoms with van der Waals surface area (Å²) in [6.07, 6.45) is 3.01. The molecule has 0 bridgehead atoms. The molecule has 2 fully saturated rings. The first-order valence-electron chi connectivity index (χ1n) is 6.88. The molecule has 0 spiro atoms. The molecule has 1 amide bonds. The standard InChI is InChI=1S/C13H24N2O3S.ClH/c1-12(2)8-10(12)9-15-11(16)13(19(3,17)18)4-6-14-7-5-13;/h10,14H,4-9H2,1-3H3,(H,15,16);1H. The van der Waals surface area contributed by atoms with Gasteiger partial charge in [-0.3, -0.25) is 4.79 Å². The Morgan fingerprint density at radius 2 is 1.80 bits per heavy atom. The highest BCUT2D eigenvalue weighted by Crippen LogP contribution is 2.51. The van der Waals surface area contributed by atoms with E-state index in [0.717, 1.165) is 6.42 Å². The van der Waals surface area contributed by atoms with Crippen molar-refractivity contribution in [3.8, 4) is 0 Å². The fraction of sp³-hybridized carbons (Fsp3) is 0.923. The number of amides is 1. The number of hydrogen-bond donors (Lipinski definition) is 2. The van der Waals surface area contributed by atoms with E-state index in [0.29, 0.717) is 43.8 Å². The van der Waals surface area contributed by atoms with Crippen molar-refractivity contribution < 1.29 is 13.2 Å². The van der Waals surface area contributed by atoms with Gasteiger partial charge in [0.15, 0.2) is 14.6 Å². The van der Waals surface area contributed by atoms with Crippen molar-refractivity contribution >= 4 is 28.2 Å². The summed E-state index contributed by atoms with van der Waals surface area (Å²) in [6, 6.07) is 0. The Labute approximate surface area is 127 Å². The molecule has 0 radical (unpaired) electrons. The van der Waals surface area contributed by atoms with Gasteiger partial charge < -0.3 is 10.6 Å². The van der Waals surface area contributed by atoms with Crippen molar-refractivity contribution in [2.24, 2.45) is 11.3 Å². The first-order chi connectivity index (χ1) is 8.69. The second-order valence-corrected chi connectivity index (χ2v) is 8.94. The fourth-order valence-electron chi connectivity index (χ4n) is 2.90. The second-order valence-electron chi connectivity index (χ2n) is 6.62.